The number of nitrogens with zero attached hydrogens (tertiary/aromatic N) is 4. The van der Waals surface area contributed by atoms with Crippen LogP contribution in [0.3, 0.4) is 0 Å². The summed E-state index contributed by atoms with van der Waals surface area (Å²) in [7, 11) is 0. The molecule has 13 nitrogen and oxygen atoms in total. The number of aryl methyl sites for hydroxylation is 1. The average Bonchev–Trinajstić information content (AvgIpc) is 3.42. The number of hydrogen-bond donors (Lipinski definition) is 3. The van der Waals surface area contributed by atoms with E-state index in [-0.39, 0.29) is 12.0 Å². The van der Waals surface area contributed by atoms with Crippen LogP contribution < -0.4 is 21.1 Å². The molecule has 3 amide bonds. The molecule has 4 N–H and O–H groups in total. The van der Waals surface area contributed by atoms with Crippen molar-refractivity contribution in [2.24, 2.45) is 5.73 Å². The third-order valence-electron chi connectivity index (χ3n) is 7.27. The number of carbonyl (C=O) groups excluding carboxylic acids is 3. The molecule has 1 unspecified atom stereocenters. The van der Waals surface area contributed by atoms with Crippen LogP contribution in [0.4, 0.5) is 21.1 Å². The smallest absolute Gasteiger partial charge is 0.412 e. The number of primary amides is 1. The fourth-order valence-corrected chi connectivity index (χ4v) is 4.89. The van der Waals surface area contributed by atoms with Gasteiger partial charge in [-0.25, -0.2) is 19.1 Å². The van der Waals surface area contributed by atoms with Crippen LogP contribution in [0.1, 0.15) is 32.2 Å². The maximum Gasteiger partial charge on any atom is 0.412 e. The van der Waals surface area contributed by atoms with E-state index in [0.29, 0.717) is 43.6 Å². The molecule has 0 spiro atoms. The summed E-state index contributed by atoms with van der Waals surface area (Å²) in [6.45, 7) is 10.1. The minimum Gasteiger partial charge on any atom is -0.492 e. The Morgan fingerprint density at radius 2 is 1.84 bits per heavy atom. The maximum atomic E-state index is 13.3. The average molecular weight is 616 g/mol. The van der Waals surface area contributed by atoms with Gasteiger partial charge in [0.05, 0.1) is 29.9 Å². The molecule has 0 bridgehead atoms. The monoisotopic (exact) mass is 615 g/mol. The molecule has 1 aliphatic heterocycles. The van der Waals surface area contributed by atoms with E-state index < -0.39 is 24.2 Å². The molecule has 1 saturated heterocycles. The molecule has 1 atom stereocenters. The summed E-state index contributed by atoms with van der Waals surface area (Å²) in [5.74, 6) is 0.354. The highest BCUT2D eigenvalue weighted by Gasteiger charge is 2.29. The first-order chi connectivity index (χ1) is 21.5. The molecule has 45 heavy (non-hydrogen) atoms. The minimum absolute atomic E-state index is 0.234. The summed E-state index contributed by atoms with van der Waals surface area (Å²) in [5.41, 5.74) is 7.75. The number of nitrogens with two attached hydrogens (primary N) is 1. The second-order valence-corrected chi connectivity index (χ2v) is 11.7. The van der Waals surface area contributed by atoms with Gasteiger partial charge in [-0.3, -0.25) is 15.2 Å². The molecule has 3 heterocycles. The summed E-state index contributed by atoms with van der Waals surface area (Å²) in [6, 6.07) is 16.5. The van der Waals surface area contributed by atoms with Gasteiger partial charge in [0.2, 0.25) is 0 Å². The number of pyridine rings is 1. The van der Waals surface area contributed by atoms with Gasteiger partial charge in [-0.2, -0.15) is 5.10 Å². The number of morpholine rings is 1. The Kier molecular flexibility index (Phi) is 9.30. The van der Waals surface area contributed by atoms with Crippen molar-refractivity contribution in [2.45, 2.75) is 39.2 Å². The molecule has 2 aromatic heterocycles. The number of carbonyl (C=O) groups is 3. The largest absolute Gasteiger partial charge is 0.492 e. The topological polar surface area (TPSA) is 163 Å². The van der Waals surface area contributed by atoms with Gasteiger partial charge in [0, 0.05) is 47.6 Å². The van der Waals surface area contributed by atoms with Crippen LogP contribution in [0.5, 0.6) is 5.75 Å². The number of anilines is 2. The Labute approximate surface area is 260 Å². The first-order valence-corrected chi connectivity index (χ1v) is 14.6. The maximum absolute atomic E-state index is 13.3. The highest BCUT2D eigenvalue weighted by atomic mass is 16.6. The van der Waals surface area contributed by atoms with Crippen LogP contribution in [0.2, 0.25) is 0 Å². The van der Waals surface area contributed by atoms with E-state index in [9.17, 15) is 14.4 Å². The Morgan fingerprint density at radius 3 is 2.56 bits per heavy atom. The second-order valence-electron chi connectivity index (χ2n) is 11.7. The number of fused-ring (bicyclic) bond motifs is 1. The summed E-state index contributed by atoms with van der Waals surface area (Å²) < 4.78 is 17.7. The van der Waals surface area contributed by atoms with E-state index in [2.05, 4.69) is 41.1 Å². The molecule has 0 aliphatic carbocycles. The molecule has 5 rings (SSSR count). The number of hydrogen-bond acceptors (Lipinski definition) is 9. The number of ether oxygens (including phenoxy) is 3. The van der Waals surface area contributed by atoms with E-state index >= 15 is 0 Å². The summed E-state index contributed by atoms with van der Waals surface area (Å²) in [5, 5.41) is 12.3. The summed E-state index contributed by atoms with van der Waals surface area (Å²) in [6.07, 6.45) is -0.331. The lowest BCUT2D eigenvalue weighted by molar-refractivity contribution is -0.156. The Bertz CT molecular complexity index is 1700. The Hall–Kier alpha value is -5.01. The lowest BCUT2D eigenvalue weighted by Gasteiger charge is -2.31. The van der Waals surface area contributed by atoms with Crippen LogP contribution in [0.25, 0.3) is 16.5 Å². The standard InChI is InChI=1S/C32H37N7O6/c1-20-9-10-21(18-34-20)39-28(17-27(37-39)32(2,3)4)36-31(42)35-24-11-12-25(23-8-6-5-7-22(23)24)43-15-13-38-14-16-44-26(19-38)29(40)45-30(33)41/h5-12,17-18,26H,13-16,19H2,1-4H3,(H2,33,41)(H2,35,36,42). The van der Waals surface area contributed by atoms with Gasteiger partial charge in [0.25, 0.3) is 0 Å². The Balaban J connectivity index is 1.27. The molecule has 0 saturated carbocycles. The summed E-state index contributed by atoms with van der Waals surface area (Å²) in [4.78, 5) is 42.6. The van der Waals surface area contributed by atoms with E-state index in [1.54, 1.807) is 16.9 Å². The van der Waals surface area contributed by atoms with Crippen LogP contribution in [0.15, 0.2) is 60.8 Å². The number of benzene rings is 2. The van der Waals surface area contributed by atoms with Crippen LogP contribution in [-0.4, -0.2) is 76.7 Å². The van der Waals surface area contributed by atoms with Crippen LogP contribution in [-0.2, 0) is 19.7 Å². The van der Waals surface area contributed by atoms with E-state index in [1.807, 2.05) is 60.4 Å². The minimum atomic E-state index is -1.16. The van der Waals surface area contributed by atoms with Crippen molar-refractivity contribution >= 4 is 40.4 Å². The normalized spacial score (nSPS) is 15.4. The lowest BCUT2D eigenvalue weighted by atomic mass is 9.92. The number of amides is 3. The SMILES string of the molecule is Cc1ccc(-n2nc(C(C)(C)C)cc2NC(=O)Nc2ccc(OCCN3CCOC(C(=O)OC(N)=O)C3)c3ccccc23)cn1. The van der Waals surface area contributed by atoms with Crippen molar-refractivity contribution in [3.05, 3.63) is 72.2 Å². The van der Waals surface area contributed by atoms with Crippen molar-refractivity contribution in [2.75, 3.05) is 43.5 Å². The van der Waals surface area contributed by atoms with E-state index in [1.165, 1.54) is 0 Å². The molecule has 13 heteroatoms. The lowest BCUT2D eigenvalue weighted by Crippen LogP contribution is -2.48. The van der Waals surface area contributed by atoms with Crippen molar-refractivity contribution in [1.82, 2.24) is 19.7 Å². The molecular weight excluding hydrogens is 578 g/mol. The molecule has 2 aromatic carbocycles. The molecule has 236 valence electrons. The number of rotatable bonds is 8. The predicted molar refractivity (Wildman–Crippen MR) is 169 cm³/mol. The van der Waals surface area contributed by atoms with Gasteiger partial charge < -0.3 is 25.3 Å². The van der Waals surface area contributed by atoms with Crippen molar-refractivity contribution < 1.29 is 28.6 Å². The van der Waals surface area contributed by atoms with E-state index in [4.69, 9.17) is 20.3 Å². The van der Waals surface area contributed by atoms with Gasteiger partial charge in [-0.1, -0.05) is 45.0 Å². The second kappa shape index (κ2) is 13.3. The first kappa shape index (κ1) is 31.4. The highest BCUT2D eigenvalue weighted by Crippen LogP contribution is 2.32. The van der Waals surface area contributed by atoms with Gasteiger partial charge in [0.15, 0.2) is 6.10 Å². The van der Waals surface area contributed by atoms with Gasteiger partial charge >= 0.3 is 18.1 Å². The molecule has 1 fully saturated rings. The fourth-order valence-electron chi connectivity index (χ4n) is 4.89. The fraction of sp³-hybridized carbons (Fsp3) is 0.344. The number of urea groups is 1. The Morgan fingerprint density at radius 1 is 1.07 bits per heavy atom. The first-order valence-electron chi connectivity index (χ1n) is 14.6. The molecule has 4 aromatic rings. The molecular formula is C32H37N7O6. The van der Waals surface area contributed by atoms with Crippen LogP contribution in [0, 0.1) is 6.92 Å². The highest BCUT2D eigenvalue weighted by molar-refractivity contribution is 6.07. The van der Waals surface area contributed by atoms with Crippen LogP contribution >= 0.6 is 0 Å². The zero-order valence-corrected chi connectivity index (χ0v) is 25.7. The molecule has 1 aliphatic rings. The van der Waals surface area contributed by atoms with Crippen molar-refractivity contribution in [1.29, 1.82) is 0 Å². The predicted octanol–water partition coefficient (Wildman–Crippen LogP) is 4.37. The number of esters is 1. The third-order valence-corrected chi connectivity index (χ3v) is 7.27. The van der Waals surface area contributed by atoms with E-state index in [0.717, 1.165) is 27.8 Å². The van der Waals surface area contributed by atoms with Crippen molar-refractivity contribution in [3.63, 3.8) is 0 Å². The molecule has 0 radical (unpaired) electrons. The van der Waals surface area contributed by atoms with Crippen molar-refractivity contribution in [3.8, 4) is 11.4 Å². The van der Waals surface area contributed by atoms with Gasteiger partial charge in [-0.05, 0) is 31.2 Å². The van der Waals surface area contributed by atoms with Gasteiger partial charge in [-0.15, -0.1) is 0 Å². The van der Waals surface area contributed by atoms with Gasteiger partial charge in [0.1, 0.15) is 18.2 Å². The summed E-state index contributed by atoms with van der Waals surface area (Å²) >= 11 is 0. The number of nitrogens with one attached hydrogen (secondary N) is 2. The zero-order valence-electron chi connectivity index (χ0n) is 25.7. The zero-order chi connectivity index (χ0) is 32.1. The third kappa shape index (κ3) is 7.75. The quantitative estimate of drug-likeness (QED) is 0.193. The number of aromatic nitrogens is 3.